The SMILES string of the molecule is NC(=O)NC(=O)CSc1nncc2ccccc12. The zero-order valence-corrected chi connectivity index (χ0v) is 10.1. The highest BCUT2D eigenvalue weighted by Crippen LogP contribution is 2.24. The quantitative estimate of drug-likeness (QED) is 0.801. The van der Waals surface area contributed by atoms with E-state index in [1.165, 1.54) is 11.8 Å². The average Bonchev–Trinajstić information content (AvgIpc) is 2.35. The first-order chi connectivity index (χ1) is 8.66. The lowest BCUT2D eigenvalue weighted by atomic mass is 10.2. The van der Waals surface area contributed by atoms with Crippen LogP contribution < -0.4 is 11.1 Å². The molecular formula is C11H10N4O2S. The molecule has 0 spiro atoms. The van der Waals surface area contributed by atoms with Crippen LogP contribution in [0.3, 0.4) is 0 Å². The maximum Gasteiger partial charge on any atom is 0.318 e. The Morgan fingerprint density at radius 2 is 2.11 bits per heavy atom. The van der Waals surface area contributed by atoms with Crippen molar-refractivity contribution in [3.8, 4) is 0 Å². The number of nitrogens with two attached hydrogens (primary N) is 1. The van der Waals surface area contributed by atoms with E-state index in [0.29, 0.717) is 5.03 Å². The highest BCUT2D eigenvalue weighted by atomic mass is 32.2. The van der Waals surface area contributed by atoms with Gasteiger partial charge in [-0.25, -0.2) is 4.79 Å². The molecule has 6 nitrogen and oxygen atoms in total. The molecule has 0 saturated carbocycles. The van der Waals surface area contributed by atoms with E-state index in [1.807, 2.05) is 29.6 Å². The number of aromatic nitrogens is 2. The van der Waals surface area contributed by atoms with Crippen molar-refractivity contribution in [2.45, 2.75) is 5.03 Å². The van der Waals surface area contributed by atoms with Crippen molar-refractivity contribution >= 4 is 34.5 Å². The first-order valence-corrected chi connectivity index (χ1v) is 6.08. The summed E-state index contributed by atoms with van der Waals surface area (Å²) < 4.78 is 0. The number of benzene rings is 1. The first-order valence-electron chi connectivity index (χ1n) is 5.09. The Morgan fingerprint density at radius 1 is 1.33 bits per heavy atom. The number of amides is 3. The number of imide groups is 1. The Bertz CT molecular complexity index is 597. The van der Waals surface area contributed by atoms with E-state index in [9.17, 15) is 9.59 Å². The van der Waals surface area contributed by atoms with Crippen molar-refractivity contribution in [2.75, 3.05) is 5.75 Å². The van der Waals surface area contributed by atoms with Crippen molar-refractivity contribution < 1.29 is 9.59 Å². The molecule has 1 aromatic carbocycles. The lowest BCUT2D eigenvalue weighted by Crippen LogP contribution is -2.36. The van der Waals surface area contributed by atoms with Crippen LogP contribution in [-0.2, 0) is 4.79 Å². The van der Waals surface area contributed by atoms with Crippen molar-refractivity contribution in [3.63, 3.8) is 0 Å². The molecular weight excluding hydrogens is 252 g/mol. The fraction of sp³-hybridized carbons (Fsp3) is 0.0909. The van der Waals surface area contributed by atoms with E-state index in [4.69, 9.17) is 5.73 Å². The third kappa shape index (κ3) is 2.95. The molecule has 0 atom stereocenters. The lowest BCUT2D eigenvalue weighted by molar-refractivity contribution is -0.117. The molecule has 18 heavy (non-hydrogen) atoms. The molecule has 2 aromatic rings. The van der Waals surface area contributed by atoms with Crippen LogP contribution in [0.1, 0.15) is 0 Å². The van der Waals surface area contributed by atoms with E-state index in [0.717, 1.165) is 10.8 Å². The molecule has 92 valence electrons. The number of nitrogens with one attached hydrogen (secondary N) is 1. The minimum Gasteiger partial charge on any atom is -0.351 e. The molecule has 0 aliphatic rings. The molecule has 0 unspecified atom stereocenters. The topological polar surface area (TPSA) is 98.0 Å². The van der Waals surface area contributed by atoms with Gasteiger partial charge in [0.05, 0.1) is 11.9 Å². The van der Waals surface area contributed by atoms with Gasteiger partial charge in [0.25, 0.3) is 0 Å². The van der Waals surface area contributed by atoms with Gasteiger partial charge in [-0.05, 0) is 0 Å². The standard InChI is InChI=1S/C11H10N4O2S/c12-11(17)14-9(16)6-18-10-8-4-2-1-3-7(8)5-13-15-10/h1-5H,6H2,(H3,12,14,16,17). The summed E-state index contributed by atoms with van der Waals surface area (Å²) in [7, 11) is 0. The van der Waals surface area contributed by atoms with Crippen molar-refractivity contribution in [3.05, 3.63) is 30.5 Å². The van der Waals surface area contributed by atoms with Gasteiger partial charge in [0.15, 0.2) is 0 Å². The molecule has 0 radical (unpaired) electrons. The zero-order valence-electron chi connectivity index (χ0n) is 9.29. The molecule has 0 aliphatic carbocycles. The minimum absolute atomic E-state index is 0.0611. The normalized spacial score (nSPS) is 10.2. The van der Waals surface area contributed by atoms with Gasteiger partial charge in [-0.2, -0.15) is 5.10 Å². The molecule has 1 aromatic heterocycles. The van der Waals surface area contributed by atoms with E-state index in [-0.39, 0.29) is 5.75 Å². The molecule has 3 amide bonds. The smallest absolute Gasteiger partial charge is 0.318 e. The number of carbonyl (C=O) groups excluding carboxylic acids is 2. The first kappa shape index (κ1) is 12.3. The van der Waals surface area contributed by atoms with Crippen LogP contribution in [0.2, 0.25) is 0 Å². The zero-order chi connectivity index (χ0) is 13.0. The summed E-state index contributed by atoms with van der Waals surface area (Å²) in [6.07, 6.45) is 1.66. The van der Waals surface area contributed by atoms with Crippen molar-refractivity contribution in [1.29, 1.82) is 0 Å². The summed E-state index contributed by atoms with van der Waals surface area (Å²) in [5.74, 6) is -0.395. The van der Waals surface area contributed by atoms with Gasteiger partial charge in [-0.1, -0.05) is 36.0 Å². The Balaban J connectivity index is 2.12. The summed E-state index contributed by atoms with van der Waals surface area (Å²) in [5, 5.41) is 12.3. The summed E-state index contributed by atoms with van der Waals surface area (Å²) in [6, 6.07) is 6.75. The summed E-state index contributed by atoms with van der Waals surface area (Å²) in [5.41, 5.74) is 4.84. The van der Waals surface area contributed by atoms with E-state index >= 15 is 0 Å². The predicted octanol–water partition coefficient (Wildman–Crippen LogP) is 0.917. The number of thioether (sulfide) groups is 1. The molecule has 0 fully saturated rings. The molecule has 0 bridgehead atoms. The number of rotatable bonds is 3. The highest BCUT2D eigenvalue weighted by Gasteiger charge is 2.08. The third-order valence-electron chi connectivity index (χ3n) is 2.14. The number of hydrogen-bond donors (Lipinski definition) is 2. The number of nitrogens with zero attached hydrogens (tertiary/aromatic N) is 2. The van der Waals surface area contributed by atoms with E-state index in [2.05, 4.69) is 10.2 Å². The number of carbonyl (C=O) groups is 2. The van der Waals surface area contributed by atoms with Gasteiger partial charge >= 0.3 is 6.03 Å². The fourth-order valence-corrected chi connectivity index (χ4v) is 2.20. The monoisotopic (exact) mass is 262 g/mol. The average molecular weight is 262 g/mol. The van der Waals surface area contributed by atoms with Crippen molar-refractivity contribution in [1.82, 2.24) is 15.5 Å². The van der Waals surface area contributed by atoms with E-state index < -0.39 is 11.9 Å². The second kappa shape index (κ2) is 5.46. The predicted molar refractivity (Wildman–Crippen MR) is 68.0 cm³/mol. The van der Waals surface area contributed by atoms with E-state index in [1.54, 1.807) is 6.20 Å². The second-order valence-electron chi connectivity index (χ2n) is 3.44. The van der Waals surface area contributed by atoms with Crippen LogP contribution >= 0.6 is 11.8 Å². The second-order valence-corrected chi connectivity index (χ2v) is 4.40. The highest BCUT2D eigenvalue weighted by molar-refractivity contribution is 8.00. The third-order valence-corrected chi connectivity index (χ3v) is 3.12. The summed E-state index contributed by atoms with van der Waals surface area (Å²) >= 11 is 1.21. The maximum absolute atomic E-state index is 11.3. The molecule has 3 N–H and O–H groups in total. The summed E-state index contributed by atoms with van der Waals surface area (Å²) in [6.45, 7) is 0. The maximum atomic E-state index is 11.3. The Hall–Kier alpha value is -2.15. The summed E-state index contributed by atoms with van der Waals surface area (Å²) in [4.78, 5) is 21.8. The van der Waals surface area contributed by atoms with Crippen LogP contribution in [0.4, 0.5) is 4.79 Å². The molecule has 7 heteroatoms. The van der Waals surface area contributed by atoms with Crippen molar-refractivity contribution in [2.24, 2.45) is 5.73 Å². The molecule has 1 heterocycles. The molecule has 0 aliphatic heterocycles. The fourth-order valence-electron chi connectivity index (χ4n) is 1.42. The van der Waals surface area contributed by atoms with Crippen LogP contribution in [0, 0.1) is 0 Å². The largest absolute Gasteiger partial charge is 0.351 e. The number of hydrogen-bond acceptors (Lipinski definition) is 5. The molecule has 0 saturated heterocycles. The van der Waals surface area contributed by atoms with Crippen LogP contribution in [0.25, 0.3) is 10.8 Å². The van der Waals surface area contributed by atoms with Gasteiger partial charge in [-0.15, -0.1) is 5.10 Å². The van der Waals surface area contributed by atoms with Gasteiger partial charge in [0.1, 0.15) is 5.03 Å². The number of urea groups is 1. The van der Waals surface area contributed by atoms with Gasteiger partial charge < -0.3 is 5.73 Å². The van der Waals surface area contributed by atoms with Gasteiger partial charge in [0, 0.05) is 10.8 Å². The van der Waals surface area contributed by atoms with Gasteiger partial charge in [-0.3, -0.25) is 10.1 Å². The lowest BCUT2D eigenvalue weighted by Gasteiger charge is -2.03. The van der Waals surface area contributed by atoms with Crippen LogP contribution in [0.15, 0.2) is 35.5 Å². The van der Waals surface area contributed by atoms with Crippen LogP contribution in [0.5, 0.6) is 0 Å². The Kier molecular flexibility index (Phi) is 3.73. The number of primary amides is 1. The minimum atomic E-state index is -0.857. The van der Waals surface area contributed by atoms with Crippen LogP contribution in [-0.4, -0.2) is 27.9 Å². The Labute approximate surface area is 107 Å². The Morgan fingerprint density at radius 3 is 2.89 bits per heavy atom. The van der Waals surface area contributed by atoms with Gasteiger partial charge in [0.2, 0.25) is 5.91 Å². The number of fused-ring (bicyclic) bond motifs is 1. The molecule has 2 rings (SSSR count).